The molecule has 8 heteroatoms. The molecule has 0 spiro atoms. The highest BCUT2D eigenvalue weighted by Gasteiger charge is 2.29. The lowest BCUT2D eigenvalue weighted by atomic mass is 10.2. The number of nitrogens with zero attached hydrogens (tertiary/aromatic N) is 5. The van der Waals surface area contributed by atoms with Gasteiger partial charge in [-0.1, -0.05) is 0 Å². The molecule has 1 aliphatic heterocycles. The van der Waals surface area contributed by atoms with Crippen LogP contribution in [0, 0.1) is 10.1 Å². The van der Waals surface area contributed by atoms with E-state index in [0.29, 0.717) is 12.4 Å². The average molecular weight is 252 g/mol. The minimum Gasteiger partial charge on any atom is -0.368 e. The maximum atomic E-state index is 11.0. The molecule has 1 saturated heterocycles. The molecule has 0 radical (unpaired) electrons. The van der Waals surface area contributed by atoms with Gasteiger partial charge in [0, 0.05) is 25.7 Å². The van der Waals surface area contributed by atoms with E-state index in [4.69, 9.17) is 5.73 Å². The fraction of sp³-hybridized carbons (Fsp3) is 0.600. The number of likely N-dealkylation sites (N-methyl/N-ethyl adjacent to an activating group) is 1. The van der Waals surface area contributed by atoms with Gasteiger partial charge in [0.2, 0.25) is 11.8 Å². The second-order valence-corrected chi connectivity index (χ2v) is 4.50. The van der Waals surface area contributed by atoms with Crippen molar-refractivity contribution >= 4 is 17.5 Å². The first kappa shape index (κ1) is 12.5. The molecular formula is C10H16N6O2. The minimum absolute atomic E-state index is 0.0572. The number of nitro groups is 1. The summed E-state index contributed by atoms with van der Waals surface area (Å²) in [7, 11) is 2.02. The smallest absolute Gasteiger partial charge is 0.329 e. The van der Waals surface area contributed by atoms with Crippen molar-refractivity contribution in [3.05, 3.63) is 16.3 Å². The van der Waals surface area contributed by atoms with Crippen molar-refractivity contribution in [1.82, 2.24) is 14.9 Å². The lowest BCUT2D eigenvalue weighted by molar-refractivity contribution is -0.384. The van der Waals surface area contributed by atoms with Crippen LogP contribution in [0.4, 0.5) is 17.5 Å². The number of piperazine rings is 1. The Morgan fingerprint density at radius 2 is 2.28 bits per heavy atom. The maximum absolute atomic E-state index is 11.0. The largest absolute Gasteiger partial charge is 0.368 e. The molecular weight excluding hydrogens is 236 g/mol. The Morgan fingerprint density at radius 3 is 2.89 bits per heavy atom. The van der Waals surface area contributed by atoms with E-state index in [-0.39, 0.29) is 17.7 Å². The molecule has 1 aliphatic rings. The Bertz CT molecular complexity index is 466. The first-order valence-corrected chi connectivity index (χ1v) is 5.71. The van der Waals surface area contributed by atoms with Gasteiger partial charge in [-0.25, -0.2) is 4.98 Å². The first-order chi connectivity index (χ1) is 8.49. The lowest BCUT2D eigenvalue weighted by Gasteiger charge is -2.38. The van der Waals surface area contributed by atoms with Gasteiger partial charge in [0.1, 0.15) is 6.20 Å². The Hall–Kier alpha value is -1.96. The molecule has 0 aliphatic carbocycles. The maximum Gasteiger partial charge on any atom is 0.329 e. The second kappa shape index (κ2) is 4.73. The summed E-state index contributed by atoms with van der Waals surface area (Å²) in [4.78, 5) is 22.3. The van der Waals surface area contributed by atoms with Gasteiger partial charge >= 0.3 is 5.69 Å². The first-order valence-electron chi connectivity index (χ1n) is 5.71. The van der Waals surface area contributed by atoms with E-state index in [2.05, 4.69) is 14.9 Å². The number of hydrogen-bond donors (Lipinski definition) is 1. The molecule has 1 fully saturated rings. The Kier molecular flexibility index (Phi) is 3.28. The third-order valence-electron chi connectivity index (χ3n) is 3.07. The molecule has 1 aromatic rings. The molecule has 0 aromatic carbocycles. The fourth-order valence-corrected chi connectivity index (χ4v) is 2.17. The van der Waals surface area contributed by atoms with Gasteiger partial charge in [0.15, 0.2) is 0 Å². The molecule has 2 N–H and O–H groups in total. The van der Waals surface area contributed by atoms with Gasteiger partial charge in [-0.15, -0.1) is 0 Å². The SMILES string of the molecule is CC1CN(C)CCN1c1nc(N)ncc1[N+](=O)[O-]. The van der Waals surface area contributed by atoms with Crippen LogP contribution in [0.1, 0.15) is 6.92 Å². The van der Waals surface area contributed by atoms with Crippen LogP contribution in [0.5, 0.6) is 0 Å². The normalized spacial score (nSPS) is 21.0. The molecule has 0 saturated carbocycles. The number of hydrogen-bond acceptors (Lipinski definition) is 7. The van der Waals surface area contributed by atoms with Crippen LogP contribution in [0.15, 0.2) is 6.20 Å². The predicted molar refractivity (Wildman–Crippen MR) is 67.4 cm³/mol. The van der Waals surface area contributed by atoms with E-state index in [1.165, 1.54) is 6.20 Å². The van der Waals surface area contributed by atoms with E-state index in [1.807, 2.05) is 18.9 Å². The van der Waals surface area contributed by atoms with Crippen LogP contribution < -0.4 is 10.6 Å². The van der Waals surface area contributed by atoms with Gasteiger partial charge in [-0.2, -0.15) is 4.98 Å². The van der Waals surface area contributed by atoms with Crippen molar-refractivity contribution in [2.24, 2.45) is 0 Å². The summed E-state index contributed by atoms with van der Waals surface area (Å²) in [5.74, 6) is 0.370. The molecule has 0 bridgehead atoms. The van der Waals surface area contributed by atoms with E-state index in [1.54, 1.807) is 0 Å². The molecule has 1 atom stereocenters. The van der Waals surface area contributed by atoms with Gasteiger partial charge < -0.3 is 15.5 Å². The number of aromatic nitrogens is 2. The zero-order valence-electron chi connectivity index (χ0n) is 10.4. The predicted octanol–water partition coefficient (Wildman–Crippen LogP) is 0.107. The number of nitrogen functional groups attached to an aromatic ring is 1. The van der Waals surface area contributed by atoms with Crippen LogP contribution in [0.25, 0.3) is 0 Å². The van der Waals surface area contributed by atoms with E-state index in [0.717, 1.165) is 13.1 Å². The third-order valence-corrected chi connectivity index (χ3v) is 3.07. The summed E-state index contributed by atoms with van der Waals surface area (Å²) in [5.41, 5.74) is 5.43. The van der Waals surface area contributed by atoms with Gasteiger partial charge in [-0.3, -0.25) is 10.1 Å². The topological polar surface area (TPSA) is 101 Å². The highest BCUT2D eigenvalue weighted by Crippen LogP contribution is 2.28. The van der Waals surface area contributed by atoms with E-state index in [9.17, 15) is 10.1 Å². The monoisotopic (exact) mass is 252 g/mol. The Morgan fingerprint density at radius 1 is 1.56 bits per heavy atom. The Balaban J connectivity index is 2.37. The standard InChI is InChI=1S/C10H16N6O2/c1-7-6-14(2)3-4-15(7)9-8(16(17)18)5-12-10(11)13-9/h5,7H,3-4,6H2,1-2H3,(H2,11,12,13). The van der Waals surface area contributed by atoms with Crippen LogP contribution in [0.2, 0.25) is 0 Å². The van der Waals surface area contributed by atoms with Crippen molar-refractivity contribution < 1.29 is 4.92 Å². The second-order valence-electron chi connectivity index (χ2n) is 4.50. The zero-order chi connectivity index (χ0) is 13.3. The number of anilines is 2. The number of rotatable bonds is 2. The highest BCUT2D eigenvalue weighted by molar-refractivity contribution is 5.59. The Labute approximate surface area is 105 Å². The van der Waals surface area contributed by atoms with Crippen molar-refractivity contribution in [2.75, 3.05) is 37.3 Å². The summed E-state index contributed by atoms with van der Waals surface area (Å²) < 4.78 is 0. The summed E-state index contributed by atoms with van der Waals surface area (Å²) in [6.45, 7) is 4.37. The van der Waals surface area contributed by atoms with Crippen molar-refractivity contribution in [2.45, 2.75) is 13.0 Å². The molecule has 8 nitrogen and oxygen atoms in total. The van der Waals surface area contributed by atoms with Gasteiger partial charge in [-0.05, 0) is 14.0 Å². The van der Waals surface area contributed by atoms with E-state index < -0.39 is 4.92 Å². The fourth-order valence-electron chi connectivity index (χ4n) is 2.17. The van der Waals surface area contributed by atoms with Crippen LogP contribution >= 0.6 is 0 Å². The van der Waals surface area contributed by atoms with Crippen LogP contribution in [0.3, 0.4) is 0 Å². The molecule has 0 amide bonds. The lowest BCUT2D eigenvalue weighted by Crippen LogP contribution is -2.51. The number of nitrogens with two attached hydrogens (primary N) is 1. The zero-order valence-corrected chi connectivity index (χ0v) is 10.4. The summed E-state index contributed by atoms with van der Waals surface area (Å²) in [6, 6.07) is 0.150. The highest BCUT2D eigenvalue weighted by atomic mass is 16.6. The summed E-state index contributed by atoms with van der Waals surface area (Å²) >= 11 is 0. The van der Waals surface area contributed by atoms with Crippen LogP contribution in [-0.4, -0.2) is 52.5 Å². The average Bonchev–Trinajstić information content (AvgIpc) is 2.28. The molecule has 98 valence electrons. The van der Waals surface area contributed by atoms with Gasteiger partial charge in [0.05, 0.1) is 4.92 Å². The van der Waals surface area contributed by atoms with E-state index >= 15 is 0 Å². The summed E-state index contributed by atoms with van der Waals surface area (Å²) in [6.07, 6.45) is 1.17. The van der Waals surface area contributed by atoms with Crippen molar-refractivity contribution in [1.29, 1.82) is 0 Å². The van der Waals surface area contributed by atoms with Gasteiger partial charge in [0.25, 0.3) is 0 Å². The van der Waals surface area contributed by atoms with Crippen molar-refractivity contribution in [3.8, 4) is 0 Å². The third kappa shape index (κ3) is 2.33. The molecule has 18 heavy (non-hydrogen) atoms. The van der Waals surface area contributed by atoms with Crippen molar-refractivity contribution in [3.63, 3.8) is 0 Å². The molecule has 1 unspecified atom stereocenters. The molecule has 1 aromatic heterocycles. The summed E-state index contributed by atoms with van der Waals surface area (Å²) in [5, 5.41) is 11.0. The molecule has 2 rings (SSSR count). The minimum atomic E-state index is -0.472. The van der Waals surface area contributed by atoms with Crippen LogP contribution in [-0.2, 0) is 0 Å². The quantitative estimate of drug-likeness (QED) is 0.588. The molecule has 2 heterocycles.